The van der Waals surface area contributed by atoms with Gasteiger partial charge in [0.25, 0.3) is 0 Å². The second-order valence-corrected chi connectivity index (χ2v) is 19.1. The van der Waals surface area contributed by atoms with Gasteiger partial charge in [-0.15, -0.1) is 0 Å². The van der Waals surface area contributed by atoms with Crippen LogP contribution in [0.5, 0.6) is 0 Å². The first-order valence-corrected chi connectivity index (χ1v) is 23.2. The summed E-state index contributed by atoms with van der Waals surface area (Å²) >= 11 is 0. The van der Waals surface area contributed by atoms with Crippen molar-refractivity contribution in [2.45, 2.75) is 62.7 Å². The summed E-state index contributed by atoms with van der Waals surface area (Å²) < 4.78 is 6.90. The third-order valence-electron chi connectivity index (χ3n) is 15.4. The summed E-state index contributed by atoms with van der Waals surface area (Å²) in [5, 5.41) is 2.17. The molecule has 13 rings (SSSR count). The van der Waals surface area contributed by atoms with E-state index in [9.17, 15) is 0 Å². The minimum absolute atomic E-state index is 0.0725. The molecule has 0 N–H and O–H groups in total. The highest BCUT2D eigenvalue weighted by Crippen LogP contribution is 2.63. The van der Waals surface area contributed by atoms with E-state index in [2.05, 4.69) is 178 Å². The van der Waals surface area contributed by atoms with Crippen molar-refractivity contribution >= 4 is 27.5 Å². The zero-order valence-electron chi connectivity index (χ0n) is 36.3. The first kappa shape index (κ1) is 37.5. The van der Waals surface area contributed by atoms with Crippen LogP contribution in [0, 0.1) is 5.92 Å². The maximum Gasteiger partial charge on any atom is 0.144 e. The van der Waals surface area contributed by atoms with Gasteiger partial charge in [0.1, 0.15) is 16.9 Å². The Morgan fingerprint density at radius 2 is 1.09 bits per heavy atom. The van der Waals surface area contributed by atoms with E-state index >= 15 is 0 Å². The number of furan rings is 1. The van der Waals surface area contributed by atoms with Gasteiger partial charge in [0.05, 0.1) is 17.1 Å². The number of nitrogens with zero attached hydrogens (tertiary/aromatic N) is 2. The van der Waals surface area contributed by atoms with Crippen molar-refractivity contribution in [2.75, 3.05) is 0 Å². The Balaban J connectivity index is 0.960. The van der Waals surface area contributed by atoms with Gasteiger partial charge in [0.2, 0.25) is 0 Å². The van der Waals surface area contributed by atoms with Gasteiger partial charge in [-0.3, -0.25) is 0 Å². The quantitative estimate of drug-likeness (QED) is 0.174. The fourth-order valence-corrected chi connectivity index (χ4v) is 12.3. The molecule has 1 spiro atoms. The third kappa shape index (κ3) is 5.53. The van der Waals surface area contributed by atoms with Gasteiger partial charge in [-0.2, -0.15) is 0 Å². The van der Waals surface area contributed by atoms with Crippen molar-refractivity contribution in [2.24, 2.45) is 5.92 Å². The van der Waals surface area contributed by atoms with Crippen LogP contribution >= 0.6 is 0 Å². The summed E-state index contributed by atoms with van der Waals surface area (Å²) in [6, 6.07) is 61.1. The van der Waals surface area contributed by atoms with Gasteiger partial charge in [-0.1, -0.05) is 191 Å². The van der Waals surface area contributed by atoms with Crippen molar-refractivity contribution in [3.05, 3.63) is 210 Å². The zero-order valence-corrected chi connectivity index (χ0v) is 36.3. The van der Waals surface area contributed by atoms with Crippen LogP contribution in [0.2, 0.25) is 0 Å². The zero-order chi connectivity index (χ0) is 42.6. The molecular weight excluding hydrogens is 777 g/mol. The Labute approximate surface area is 374 Å². The Hall–Kier alpha value is -7.10. The van der Waals surface area contributed by atoms with Crippen LogP contribution < -0.4 is 0 Å². The molecule has 2 unspecified atom stereocenters. The highest BCUT2D eigenvalue weighted by atomic mass is 16.3. The van der Waals surface area contributed by atoms with Gasteiger partial charge in [0.15, 0.2) is 0 Å². The Bertz CT molecular complexity index is 3380. The smallest absolute Gasteiger partial charge is 0.144 e. The molecule has 9 aromatic rings. The molecule has 64 heavy (non-hydrogen) atoms. The summed E-state index contributed by atoms with van der Waals surface area (Å²) in [6.45, 7) is 4.92. The van der Waals surface area contributed by atoms with E-state index < -0.39 is 0 Å². The van der Waals surface area contributed by atoms with Gasteiger partial charge < -0.3 is 4.42 Å². The normalized spacial score (nSPS) is 18.9. The number of rotatable bonds is 5. The highest BCUT2D eigenvalue weighted by Gasteiger charge is 2.52. The molecule has 2 atom stereocenters. The second kappa shape index (κ2) is 14.2. The first-order chi connectivity index (χ1) is 31.5. The number of aromatic nitrogens is 2. The van der Waals surface area contributed by atoms with Crippen molar-refractivity contribution in [3.8, 4) is 56.2 Å². The molecular formula is C61H48N2O. The molecule has 7 aromatic carbocycles. The maximum absolute atomic E-state index is 6.90. The maximum atomic E-state index is 6.90. The fourth-order valence-electron chi connectivity index (χ4n) is 12.3. The van der Waals surface area contributed by atoms with E-state index in [1.54, 1.807) is 11.1 Å². The van der Waals surface area contributed by atoms with E-state index in [1.165, 1.54) is 65.5 Å². The molecule has 1 saturated carbocycles. The lowest BCUT2D eigenvalue weighted by atomic mass is 9.64. The molecule has 0 aliphatic heterocycles. The van der Waals surface area contributed by atoms with Crippen LogP contribution in [0.1, 0.15) is 74.1 Å². The van der Waals surface area contributed by atoms with E-state index in [-0.39, 0.29) is 10.8 Å². The van der Waals surface area contributed by atoms with Crippen molar-refractivity contribution < 1.29 is 4.42 Å². The highest BCUT2D eigenvalue weighted by molar-refractivity contribution is 6.11. The number of hydrogen-bond acceptors (Lipinski definition) is 3. The number of benzene rings is 7. The minimum Gasteiger partial charge on any atom is -0.455 e. The molecule has 0 amide bonds. The summed E-state index contributed by atoms with van der Waals surface area (Å²) in [6.07, 6.45) is 11.8. The van der Waals surface area contributed by atoms with Gasteiger partial charge in [-0.05, 0) is 93.0 Å². The first-order valence-electron chi connectivity index (χ1n) is 23.2. The number of hydrogen-bond donors (Lipinski definition) is 0. The van der Waals surface area contributed by atoms with Crippen LogP contribution in [0.25, 0.3) is 83.7 Å². The Morgan fingerprint density at radius 1 is 0.484 bits per heavy atom. The summed E-state index contributed by atoms with van der Waals surface area (Å²) in [7, 11) is 0. The standard InChI is InChI=1S/C61H48N2O/c1-60(2)50-27-14-13-24-43(50)47-37-53-48(36-52(47)60)46-34-41(28-30-51(46)61(53)32-15-6-16-33-61)42-29-31-54-49(35-42)44-25-17-26-45(59(44)64-54)58-57(40-22-11-5-12-23-40)62-55(38-18-7-3-8-19-38)56(63-58)39-20-9-4-10-21-39/h3-5,7-14,17-31,34-37,47,52H,6,15-16,32-33H2,1-2H3. The Kier molecular flexibility index (Phi) is 8.31. The summed E-state index contributed by atoms with van der Waals surface area (Å²) in [4.78, 5) is 11.1. The average molecular weight is 825 g/mol. The lowest BCUT2D eigenvalue weighted by molar-refractivity contribution is 0.345. The van der Waals surface area contributed by atoms with Crippen LogP contribution in [-0.4, -0.2) is 9.97 Å². The molecule has 0 saturated heterocycles. The van der Waals surface area contributed by atoms with E-state index in [1.807, 2.05) is 18.2 Å². The summed E-state index contributed by atoms with van der Waals surface area (Å²) in [5.41, 5.74) is 20.7. The lowest BCUT2D eigenvalue weighted by Gasteiger charge is -2.39. The number of para-hydroxylation sites is 1. The fraction of sp³-hybridized carbons (Fsp3) is 0.180. The van der Waals surface area contributed by atoms with Crippen LogP contribution in [0.15, 0.2) is 192 Å². The largest absolute Gasteiger partial charge is 0.455 e. The minimum atomic E-state index is 0.0725. The van der Waals surface area contributed by atoms with Crippen molar-refractivity contribution in [1.29, 1.82) is 0 Å². The SMILES string of the molecule is CC1(C)c2ccccc2C2C=C3C(=CC21)c1cc(-c2ccc4oc5c(-c6nc(-c7ccccc7)c(-c7ccccc7)nc6-c6ccccc6)cccc5c4c2)ccc1C31CCCCC1. The van der Waals surface area contributed by atoms with E-state index in [0.29, 0.717) is 11.8 Å². The summed E-state index contributed by atoms with van der Waals surface area (Å²) in [5.74, 6) is 0.868. The monoisotopic (exact) mass is 824 g/mol. The second-order valence-electron chi connectivity index (χ2n) is 19.1. The molecule has 4 aliphatic rings. The van der Waals surface area contributed by atoms with Crippen molar-refractivity contribution in [3.63, 3.8) is 0 Å². The predicted molar refractivity (Wildman–Crippen MR) is 263 cm³/mol. The van der Waals surface area contributed by atoms with E-state index in [0.717, 1.165) is 67.0 Å². The van der Waals surface area contributed by atoms with Gasteiger partial charge in [0, 0.05) is 44.4 Å². The molecule has 2 heterocycles. The van der Waals surface area contributed by atoms with Gasteiger partial charge in [-0.25, -0.2) is 9.97 Å². The Morgan fingerprint density at radius 3 is 1.80 bits per heavy atom. The molecule has 0 radical (unpaired) electrons. The molecule has 0 bridgehead atoms. The molecule has 4 aliphatic carbocycles. The topological polar surface area (TPSA) is 38.9 Å². The molecule has 308 valence electrons. The number of allylic oxidation sites excluding steroid dienone is 4. The molecule has 3 heteroatoms. The van der Waals surface area contributed by atoms with Crippen LogP contribution in [-0.2, 0) is 10.8 Å². The average Bonchev–Trinajstić information content (AvgIpc) is 3.94. The predicted octanol–water partition coefficient (Wildman–Crippen LogP) is 15.9. The van der Waals surface area contributed by atoms with E-state index in [4.69, 9.17) is 14.4 Å². The third-order valence-corrected chi connectivity index (χ3v) is 15.4. The molecule has 1 fully saturated rings. The molecule has 2 aromatic heterocycles. The molecule has 3 nitrogen and oxygen atoms in total. The number of fused-ring (bicyclic) bond motifs is 11. The van der Waals surface area contributed by atoms with Crippen LogP contribution in [0.4, 0.5) is 0 Å². The van der Waals surface area contributed by atoms with Gasteiger partial charge >= 0.3 is 0 Å². The lowest BCUT2D eigenvalue weighted by Crippen LogP contribution is -2.31. The van der Waals surface area contributed by atoms with Crippen LogP contribution in [0.3, 0.4) is 0 Å². The van der Waals surface area contributed by atoms with Crippen molar-refractivity contribution in [1.82, 2.24) is 9.97 Å².